The number of guanidine groups is 1. The summed E-state index contributed by atoms with van der Waals surface area (Å²) in [7, 11) is 7.57. The molecule has 1 N–H and O–H groups in total. The van der Waals surface area contributed by atoms with E-state index >= 15 is 0 Å². The minimum atomic E-state index is -4.19. The van der Waals surface area contributed by atoms with Gasteiger partial charge in [0.25, 0.3) is 0 Å². The van der Waals surface area contributed by atoms with E-state index < -0.39 is 12.2 Å². The fraction of sp³-hybridized carbons (Fsp3) is 0.765. The molecular weight excluding hydrogens is 359 g/mol. The van der Waals surface area contributed by atoms with Crippen LogP contribution in [0.1, 0.15) is 18.5 Å². The second-order valence-corrected chi connectivity index (χ2v) is 7.10. The number of aromatic nitrogens is 2. The van der Waals surface area contributed by atoms with Gasteiger partial charge in [0, 0.05) is 58.6 Å². The van der Waals surface area contributed by atoms with Gasteiger partial charge in [-0.2, -0.15) is 18.3 Å². The van der Waals surface area contributed by atoms with Crippen LogP contribution in [0.25, 0.3) is 0 Å². The van der Waals surface area contributed by atoms with Crippen molar-refractivity contribution in [3.05, 3.63) is 18.0 Å². The molecule has 1 aliphatic heterocycles. The predicted molar refractivity (Wildman–Crippen MR) is 99.7 cm³/mol. The predicted octanol–water partition coefficient (Wildman–Crippen LogP) is 1.17. The summed E-state index contributed by atoms with van der Waals surface area (Å²) in [5.41, 5.74) is 1.09. The first-order chi connectivity index (χ1) is 12.6. The Balaban J connectivity index is 1.92. The van der Waals surface area contributed by atoms with E-state index in [1.54, 1.807) is 11.7 Å². The third-order valence-corrected chi connectivity index (χ3v) is 5.03. The molecule has 0 saturated carbocycles. The maximum atomic E-state index is 12.9. The molecule has 2 heterocycles. The molecule has 1 fully saturated rings. The lowest BCUT2D eigenvalue weighted by Crippen LogP contribution is -2.57. The maximum absolute atomic E-state index is 12.9. The normalized spacial score (nSPS) is 19.4. The number of aryl methyl sites for hydroxylation is 1. The molecule has 0 radical (unpaired) electrons. The van der Waals surface area contributed by atoms with E-state index in [1.807, 2.05) is 38.4 Å². The van der Waals surface area contributed by atoms with E-state index in [4.69, 9.17) is 0 Å². The number of aliphatic imine (C=N–C) groups is 1. The van der Waals surface area contributed by atoms with Crippen LogP contribution in [-0.4, -0.2) is 96.5 Å². The van der Waals surface area contributed by atoms with Crippen LogP contribution in [0.4, 0.5) is 13.2 Å². The van der Waals surface area contributed by atoms with Crippen LogP contribution in [0.5, 0.6) is 0 Å². The first-order valence-corrected chi connectivity index (χ1v) is 9.04. The average molecular weight is 389 g/mol. The van der Waals surface area contributed by atoms with Gasteiger partial charge in [-0.05, 0) is 21.0 Å². The van der Waals surface area contributed by atoms with Gasteiger partial charge in [0.2, 0.25) is 0 Å². The van der Waals surface area contributed by atoms with Gasteiger partial charge < -0.3 is 15.1 Å². The van der Waals surface area contributed by atoms with Gasteiger partial charge in [0.1, 0.15) is 6.04 Å². The van der Waals surface area contributed by atoms with E-state index in [1.165, 1.54) is 11.8 Å². The van der Waals surface area contributed by atoms with Crippen LogP contribution in [-0.2, 0) is 7.05 Å². The molecule has 0 spiro atoms. The number of hydrogen-bond donors (Lipinski definition) is 1. The number of rotatable bonds is 5. The number of alkyl halides is 3. The molecule has 0 aromatic carbocycles. The van der Waals surface area contributed by atoms with E-state index in [0.29, 0.717) is 38.7 Å². The summed E-state index contributed by atoms with van der Waals surface area (Å²) < 4.78 is 40.5. The Morgan fingerprint density at radius 3 is 2.37 bits per heavy atom. The van der Waals surface area contributed by atoms with Crippen molar-refractivity contribution in [2.75, 3.05) is 53.9 Å². The fourth-order valence-corrected chi connectivity index (χ4v) is 3.26. The van der Waals surface area contributed by atoms with Crippen LogP contribution < -0.4 is 5.32 Å². The third kappa shape index (κ3) is 5.58. The highest BCUT2D eigenvalue weighted by Gasteiger charge is 2.41. The summed E-state index contributed by atoms with van der Waals surface area (Å²) >= 11 is 0. The van der Waals surface area contributed by atoms with E-state index in [2.05, 4.69) is 20.3 Å². The topological polar surface area (TPSA) is 51.9 Å². The van der Waals surface area contributed by atoms with E-state index in [9.17, 15) is 13.2 Å². The zero-order valence-electron chi connectivity index (χ0n) is 16.7. The number of halogens is 3. The molecule has 10 heteroatoms. The summed E-state index contributed by atoms with van der Waals surface area (Å²) in [6.45, 7) is 3.60. The van der Waals surface area contributed by atoms with Crippen molar-refractivity contribution in [1.29, 1.82) is 0 Å². The molecule has 27 heavy (non-hydrogen) atoms. The number of nitrogens with zero attached hydrogens (tertiary/aromatic N) is 6. The van der Waals surface area contributed by atoms with Crippen molar-refractivity contribution >= 4 is 5.96 Å². The van der Waals surface area contributed by atoms with Gasteiger partial charge in [-0.15, -0.1) is 0 Å². The van der Waals surface area contributed by atoms with Crippen LogP contribution in [0.2, 0.25) is 0 Å². The molecule has 2 atom stereocenters. The smallest absolute Gasteiger partial charge is 0.354 e. The van der Waals surface area contributed by atoms with Gasteiger partial charge in [-0.25, -0.2) is 0 Å². The Bertz CT molecular complexity index is 618. The summed E-state index contributed by atoms with van der Waals surface area (Å²) in [4.78, 5) is 9.89. The summed E-state index contributed by atoms with van der Waals surface area (Å²) in [5, 5.41) is 7.58. The van der Waals surface area contributed by atoms with E-state index in [-0.39, 0.29) is 6.04 Å². The SMILES string of the molecule is CN=C(NCC(c1cnn(C)c1)N(C)C)N1CCN(C(C)C(F)(F)F)CC1. The number of hydrogen-bond acceptors (Lipinski definition) is 4. The van der Waals surface area contributed by atoms with Crippen LogP contribution in [0.3, 0.4) is 0 Å². The Hall–Kier alpha value is -1.81. The standard InChI is InChI=1S/C17H30F3N7/c1-13(17(18,19)20)26-6-8-27(9-7-26)16(21-2)22-11-15(24(3)4)14-10-23-25(5)12-14/h10,12-13,15H,6-9,11H2,1-5H3,(H,21,22). The second-order valence-electron chi connectivity index (χ2n) is 7.10. The Morgan fingerprint density at radius 1 is 1.30 bits per heavy atom. The minimum Gasteiger partial charge on any atom is -0.354 e. The van der Waals surface area contributed by atoms with Crippen molar-refractivity contribution in [3.63, 3.8) is 0 Å². The van der Waals surface area contributed by atoms with Gasteiger partial charge in [-0.3, -0.25) is 14.6 Å². The lowest BCUT2D eigenvalue weighted by atomic mass is 10.1. The third-order valence-electron chi connectivity index (χ3n) is 5.03. The largest absolute Gasteiger partial charge is 0.403 e. The van der Waals surface area contributed by atoms with E-state index in [0.717, 1.165) is 5.56 Å². The van der Waals surface area contributed by atoms with Gasteiger partial charge in [-0.1, -0.05) is 0 Å². The number of nitrogens with one attached hydrogen (secondary N) is 1. The molecule has 1 aliphatic rings. The monoisotopic (exact) mass is 389 g/mol. The Labute approximate surface area is 158 Å². The zero-order valence-corrected chi connectivity index (χ0v) is 16.7. The Morgan fingerprint density at radius 2 is 1.93 bits per heavy atom. The molecule has 0 amide bonds. The lowest BCUT2D eigenvalue weighted by Gasteiger charge is -2.40. The number of piperazine rings is 1. The van der Waals surface area contributed by atoms with Crippen LogP contribution in [0.15, 0.2) is 17.4 Å². The average Bonchev–Trinajstić information content (AvgIpc) is 3.03. The van der Waals surface area contributed by atoms with Crippen molar-refractivity contribution in [2.45, 2.75) is 25.2 Å². The molecule has 1 aromatic rings. The van der Waals surface area contributed by atoms with Gasteiger partial charge in [0.05, 0.1) is 12.2 Å². The van der Waals surface area contributed by atoms with Crippen LogP contribution in [0, 0.1) is 0 Å². The van der Waals surface area contributed by atoms with Crippen molar-refractivity contribution in [3.8, 4) is 0 Å². The fourth-order valence-electron chi connectivity index (χ4n) is 3.26. The quantitative estimate of drug-likeness (QED) is 0.605. The number of likely N-dealkylation sites (N-methyl/N-ethyl adjacent to an activating group) is 1. The van der Waals surface area contributed by atoms with Gasteiger partial charge >= 0.3 is 6.18 Å². The lowest BCUT2D eigenvalue weighted by molar-refractivity contribution is -0.181. The van der Waals surface area contributed by atoms with Crippen molar-refractivity contribution < 1.29 is 13.2 Å². The molecule has 0 bridgehead atoms. The zero-order chi connectivity index (χ0) is 20.2. The van der Waals surface area contributed by atoms with Crippen LogP contribution >= 0.6 is 0 Å². The molecule has 1 saturated heterocycles. The maximum Gasteiger partial charge on any atom is 0.403 e. The Kier molecular flexibility index (Phi) is 7.10. The van der Waals surface area contributed by atoms with Crippen molar-refractivity contribution in [2.24, 2.45) is 12.0 Å². The molecule has 2 rings (SSSR count). The first-order valence-electron chi connectivity index (χ1n) is 9.04. The van der Waals surface area contributed by atoms with Crippen molar-refractivity contribution in [1.82, 2.24) is 29.8 Å². The summed E-state index contributed by atoms with van der Waals surface area (Å²) in [5.74, 6) is 0.713. The molecular formula is C17H30F3N7. The highest BCUT2D eigenvalue weighted by molar-refractivity contribution is 5.80. The highest BCUT2D eigenvalue weighted by Crippen LogP contribution is 2.25. The molecule has 7 nitrogen and oxygen atoms in total. The van der Waals surface area contributed by atoms with Gasteiger partial charge in [0.15, 0.2) is 5.96 Å². The summed E-state index contributed by atoms with van der Waals surface area (Å²) in [6.07, 6.45) is -0.371. The molecule has 2 unspecified atom stereocenters. The molecule has 1 aromatic heterocycles. The minimum absolute atomic E-state index is 0.113. The summed E-state index contributed by atoms with van der Waals surface area (Å²) in [6, 6.07) is -1.31. The highest BCUT2D eigenvalue weighted by atomic mass is 19.4. The first kappa shape index (κ1) is 21.5. The molecule has 0 aliphatic carbocycles. The second kappa shape index (κ2) is 8.92. The molecule has 154 valence electrons.